The second-order valence-corrected chi connectivity index (χ2v) is 9.97. The molecule has 0 aliphatic carbocycles. The fourth-order valence-corrected chi connectivity index (χ4v) is 5.05. The Labute approximate surface area is 162 Å². The van der Waals surface area contributed by atoms with Gasteiger partial charge in [-0.25, -0.2) is 0 Å². The van der Waals surface area contributed by atoms with E-state index in [1.807, 2.05) is 24.3 Å². The van der Waals surface area contributed by atoms with E-state index in [9.17, 15) is 13.9 Å². The molecule has 146 valence electrons. The summed E-state index contributed by atoms with van der Waals surface area (Å²) < 4.78 is 28.4. The van der Waals surface area contributed by atoms with E-state index in [2.05, 4.69) is 20.8 Å². The Hall–Kier alpha value is -2.02. The fraction of sp³-hybridized carbons (Fsp3) is 0.381. The van der Waals surface area contributed by atoms with Crippen LogP contribution in [-0.4, -0.2) is 34.8 Å². The van der Waals surface area contributed by atoms with Crippen LogP contribution in [0.3, 0.4) is 0 Å². The maximum absolute atomic E-state index is 11.0. The first-order valence-electron chi connectivity index (χ1n) is 8.99. The van der Waals surface area contributed by atoms with E-state index in [4.69, 9.17) is 4.74 Å². The molecule has 3 rings (SSSR count). The van der Waals surface area contributed by atoms with E-state index in [0.29, 0.717) is 17.9 Å². The SMILES string of the molecule is COc1c(-c2ccc(C=O)cc2)cc(N2CCCS2(O)O)cc1C(C)(C)C. The van der Waals surface area contributed by atoms with E-state index in [1.54, 1.807) is 23.5 Å². The lowest BCUT2D eigenvalue weighted by molar-refractivity contribution is 0.112. The van der Waals surface area contributed by atoms with Gasteiger partial charge in [-0.2, -0.15) is 0 Å². The minimum atomic E-state index is -2.79. The Bertz CT molecular complexity index is 840. The smallest absolute Gasteiger partial charge is 0.150 e. The van der Waals surface area contributed by atoms with Gasteiger partial charge < -0.3 is 4.74 Å². The number of rotatable bonds is 4. The Kier molecular flexibility index (Phi) is 5.25. The number of benzene rings is 2. The maximum Gasteiger partial charge on any atom is 0.150 e. The first-order valence-corrected chi connectivity index (χ1v) is 10.7. The molecule has 27 heavy (non-hydrogen) atoms. The largest absolute Gasteiger partial charge is 0.496 e. The van der Waals surface area contributed by atoms with Crippen molar-refractivity contribution in [2.45, 2.75) is 32.6 Å². The van der Waals surface area contributed by atoms with Crippen LogP contribution in [0, 0.1) is 0 Å². The fourth-order valence-electron chi connectivity index (χ4n) is 3.45. The summed E-state index contributed by atoms with van der Waals surface area (Å²) in [6.45, 7) is 6.93. The number of nitrogens with zero attached hydrogens (tertiary/aromatic N) is 1. The van der Waals surface area contributed by atoms with Gasteiger partial charge in [-0.1, -0.05) is 45.0 Å². The van der Waals surface area contributed by atoms with Crippen LogP contribution >= 0.6 is 10.8 Å². The molecular formula is C21H27NO4S. The van der Waals surface area contributed by atoms with Crippen molar-refractivity contribution in [2.24, 2.45) is 0 Å². The van der Waals surface area contributed by atoms with Crippen LogP contribution < -0.4 is 9.04 Å². The summed E-state index contributed by atoms with van der Waals surface area (Å²) in [5.74, 6) is 1.16. The van der Waals surface area contributed by atoms with Gasteiger partial charge in [0.2, 0.25) is 0 Å². The molecular weight excluding hydrogens is 362 g/mol. The molecule has 2 aromatic rings. The molecule has 0 saturated carbocycles. The average Bonchev–Trinajstić information content (AvgIpc) is 2.99. The van der Waals surface area contributed by atoms with Gasteiger partial charge in [0.15, 0.2) is 0 Å². The van der Waals surface area contributed by atoms with Crippen molar-refractivity contribution in [3.8, 4) is 16.9 Å². The van der Waals surface area contributed by atoms with Crippen LogP contribution in [-0.2, 0) is 5.41 Å². The zero-order valence-corrected chi connectivity index (χ0v) is 17.0. The van der Waals surface area contributed by atoms with Gasteiger partial charge in [0.05, 0.1) is 18.6 Å². The molecule has 1 saturated heterocycles. The summed E-state index contributed by atoms with van der Waals surface area (Å²) in [4.78, 5) is 11.0. The molecule has 0 radical (unpaired) electrons. The summed E-state index contributed by atoms with van der Waals surface area (Å²) in [6.07, 6.45) is 1.57. The standard InChI is InChI=1S/C21H27NO4S/c1-21(2,3)19-13-17(22-10-5-11-27(22,24)25)12-18(20(19)26-4)16-8-6-15(14-23)7-9-16/h6-9,12-14,24-25H,5,10-11H2,1-4H3. The molecule has 5 nitrogen and oxygen atoms in total. The number of carbonyl (C=O) groups excluding carboxylic acids is 1. The maximum atomic E-state index is 11.0. The molecule has 1 heterocycles. The number of ether oxygens (including phenoxy) is 1. The van der Waals surface area contributed by atoms with Crippen LogP contribution in [0.1, 0.15) is 43.1 Å². The van der Waals surface area contributed by atoms with Crippen LogP contribution in [0.4, 0.5) is 5.69 Å². The molecule has 0 aromatic heterocycles. The Morgan fingerprint density at radius 1 is 1.15 bits per heavy atom. The lowest BCUT2D eigenvalue weighted by atomic mass is 9.83. The monoisotopic (exact) mass is 389 g/mol. The van der Waals surface area contributed by atoms with Crippen molar-refractivity contribution in [3.63, 3.8) is 0 Å². The summed E-state index contributed by atoms with van der Waals surface area (Å²) >= 11 is 0. The molecule has 0 bridgehead atoms. The van der Waals surface area contributed by atoms with Crippen LogP contribution in [0.25, 0.3) is 11.1 Å². The predicted molar refractivity (Wildman–Crippen MR) is 112 cm³/mol. The van der Waals surface area contributed by atoms with Crippen molar-refractivity contribution >= 4 is 22.7 Å². The lowest BCUT2D eigenvalue weighted by Gasteiger charge is -2.39. The second-order valence-electron chi connectivity index (χ2n) is 7.86. The Morgan fingerprint density at radius 3 is 2.30 bits per heavy atom. The zero-order valence-electron chi connectivity index (χ0n) is 16.2. The zero-order chi connectivity index (χ0) is 19.8. The van der Waals surface area contributed by atoms with Gasteiger partial charge in [0, 0.05) is 23.2 Å². The van der Waals surface area contributed by atoms with E-state index in [0.717, 1.165) is 40.8 Å². The van der Waals surface area contributed by atoms with Crippen LogP contribution in [0.5, 0.6) is 5.75 Å². The predicted octanol–water partition coefficient (Wildman–Crippen LogP) is 5.35. The van der Waals surface area contributed by atoms with Gasteiger partial charge in [-0.3, -0.25) is 18.2 Å². The summed E-state index contributed by atoms with van der Waals surface area (Å²) in [5, 5.41) is 0. The van der Waals surface area contributed by atoms with Gasteiger partial charge >= 0.3 is 0 Å². The third-order valence-corrected chi connectivity index (χ3v) is 6.80. The van der Waals surface area contributed by atoms with Gasteiger partial charge in [-0.15, -0.1) is 10.8 Å². The third kappa shape index (κ3) is 3.83. The lowest BCUT2D eigenvalue weighted by Crippen LogP contribution is -2.23. The number of anilines is 1. The van der Waals surface area contributed by atoms with Gasteiger partial charge in [-0.05, 0) is 29.5 Å². The highest BCUT2D eigenvalue weighted by atomic mass is 32.3. The van der Waals surface area contributed by atoms with E-state index >= 15 is 0 Å². The van der Waals surface area contributed by atoms with E-state index < -0.39 is 10.8 Å². The quantitative estimate of drug-likeness (QED) is 0.690. The molecule has 0 unspecified atom stereocenters. The van der Waals surface area contributed by atoms with Crippen molar-refractivity contribution in [1.29, 1.82) is 0 Å². The van der Waals surface area contributed by atoms with E-state index in [-0.39, 0.29) is 5.41 Å². The highest BCUT2D eigenvalue weighted by Gasteiger charge is 2.32. The van der Waals surface area contributed by atoms with Crippen molar-refractivity contribution in [2.75, 3.05) is 23.7 Å². The summed E-state index contributed by atoms with van der Waals surface area (Å²) in [7, 11) is -1.14. The number of hydrogen-bond acceptors (Lipinski definition) is 5. The molecule has 1 aliphatic rings. The molecule has 2 aromatic carbocycles. The van der Waals surface area contributed by atoms with Crippen molar-refractivity contribution in [1.82, 2.24) is 0 Å². The molecule has 1 fully saturated rings. The minimum Gasteiger partial charge on any atom is -0.496 e. The molecule has 0 atom stereocenters. The molecule has 6 heteroatoms. The van der Waals surface area contributed by atoms with Crippen LogP contribution in [0.15, 0.2) is 36.4 Å². The number of hydrogen-bond donors (Lipinski definition) is 2. The molecule has 0 amide bonds. The minimum absolute atomic E-state index is 0.193. The third-order valence-electron chi connectivity index (χ3n) is 4.86. The first kappa shape index (κ1) is 19.7. The molecule has 2 N–H and O–H groups in total. The summed E-state index contributed by atoms with van der Waals surface area (Å²) in [6, 6.07) is 11.3. The highest BCUT2D eigenvalue weighted by molar-refractivity contribution is 8.25. The molecule has 0 spiro atoms. The number of aldehydes is 1. The topological polar surface area (TPSA) is 70.0 Å². The average molecular weight is 390 g/mol. The first-order chi connectivity index (χ1) is 12.7. The van der Waals surface area contributed by atoms with Crippen LogP contribution in [0.2, 0.25) is 0 Å². The van der Waals surface area contributed by atoms with Gasteiger partial charge in [0.25, 0.3) is 0 Å². The normalized spacial score (nSPS) is 17.6. The summed E-state index contributed by atoms with van der Waals surface area (Å²) in [5.41, 5.74) is 3.99. The van der Waals surface area contributed by atoms with Gasteiger partial charge in [0.1, 0.15) is 12.0 Å². The number of methoxy groups -OCH3 is 1. The molecule has 1 aliphatic heterocycles. The number of carbonyl (C=O) groups is 1. The Balaban J connectivity index is 2.23. The van der Waals surface area contributed by atoms with Crippen molar-refractivity contribution < 1.29 is 18.6 Å². The highest BCUT2D eigenvalue weighted by Crippen LogP contribution is 2.53. The van der Waals surface area contributed by atoms with Crippen molar-refractivity contribution in [3.05, 3.63) is 47.5 Å². The Morgan fingerprint density at radius 2 is 1.81 bits per heavy atom. The second kappa shape index (κ2) is 7.19. The van der Waals surface area contributed by atoms with E-state index in [1.165, 1.54) is 0 Å².